The molecule has 2 rings (SSSR count). The molecule has 0 aliphatic carbocycles. The van der Waals surface area contributed by atoms with Gasteiger partial charge in [-0.1, -0.05) is 24.8 Å². The summed E-state index contributed by atoms with van der Waals surface area (Å²) in [6, 6.07) is 5.22. The van der Waals surface area contributed by atoms with Crippen LogP contribution in [0.1, 0.15) is 19.8 Å². The fraction of sp³-hybridized carbons (Fsp3) is 0.462. The summed E-state index contributed by atoms with van der Waals surface area (Å²) < 4.78 is 1.90. The Bertz CT molecular complexity index is 572. The van der Waals surface area contributed by atoms with E-state index >= 15 is 0 Å². The Kier molecular flexibility index (Phi) is 5.37. The topological polar surface area (TPSA) is 79.5 Å². The first kappa shape index (κ1) is 14.8. The van der Waals surface area contributed by atoms with Crippen molar-refractivity contribution in [1.29, 1.82) is 0 Å². The highest BCUT2D eigenvalue weighted by molar-refractivity contribution is 7.99. The molecule has 0 spiro atoms. The van der Waals surface area contributed by atoms with Crippen LogP contribution >= 0.6 is 11.8 Å². The van der Waals surface area contributed by atoms with Gasteiger partial charge in [-0.2, -0.15) is 0 Å². The summed E-state index contributed by atoms with van der Waals surface area (Å²) >= 11 is 1.52. The van der Waals surface area contributed by atoms with Crippen LogP contribution in [0.2, 0.25) is 0 Å². The van der Waals surface area contributed by atoms with Gasteiger partial charge in [-0.25, -0.2) is 0 Å². The van der Waals surface area contributed by atoms with Gasteiger partial charge in [0.15, 0.2) is 10.8 Å². The second-order valence-corrected chi connectivity index (χ2v) is 5.46. The molecule has 108 valence electrons. The Balaban J connectivity index is 1.89. The summed E-state index contributed by atoms with van der Waals surface area (Å²) in [5.41, 5.74) is 0.800. The summed E-state index contributed by atoms with van der Waals surface area (Å²) in [6.45, 7) is 2.73. The van der Waals surface area contributed by atoms with Gasteiger partial charge in [0, 0.05) is 11.9 Å². The molecule has 2 heterocycles. The lowest BCUT2D eigenvalue weighted by molar-refractivity contribution is -0.139. The average molecular weight is 294 g/mol. The van der Waals surface area contributed by atoms with E-state index in [1.807, 2.05) is 35.7 Å². The van der Waals surface area contributed by atoms with Gasteiger partial charge in [0.2, 0.25) is 0 Å². The Morgan fingerprint density at radius 2 is 2.35 bits per heavy atom. The molecule has 0 saturated carbocycles. The van der Waals surface area contributed by atoms with Crippen LogP contribution in [-0.4, -0.2) is 44.0 Å². The number of thioether (sulfide) groups is 1. The maximum atomic E-state index is 11.1. The zero-order valence-corrected chi connectivity index (χ0v) is 12.1. The van der Waals surface area contributed by atoms with E-state index in [0.717, 1.165) is 23.8 Å². The number of nitrogens with zero attached hydrogens (tertiary/aromatic N) is 3. The van der Waals surface area contributed by atoms with Crippen molar-refractivity contribution < 1.29 is 9.90 Å². The Morgan fingerprint density at radius 3 is 3.10 bits per heavy atom. The van der Waals surface area contributed by atoms with Crippen molar-refractivity contribution in [2.45, 2.75) is 31.0 Å². The van der Waals surface area contributed by atoms with E-state index < -0.39 is 12.0 Å². The normalized spacial score (nSPS) is 12.7. The molecule has 2 aromatic heterocycles. The van der Waals surface area contributed by atoms with Gasteiger partial charge in [0.1, 0.15) is 6.04 Å². The number of aliphatic carboxylic acids is 1. The van der Waals surface area contributed by atoms with E-state index in [4.69, 9.17) is 5.11 Å². The molecule has 7 heteroatoms. The third-order valence-corrected chi connectivity index (χ3v) is 3.84. The number of hydrogen-bond acceptors (Lipinski definition) is 5. The van der Waals surface area contributed by atoms with E-state index in [1.165, 1.54) is 11.8 Å². The number of carbonyl (C=O) groups is 1. The van der Waals surface area contributed by atoms with Gasteiger partial charge >= 0.3 is 5.97 Å². The molecule has 0 amide bonds. The zero-order chi connectivity index (χ0) is 14.4. The number of hydrogen-bond donors (Lipinski definition) is 2. The third-order valence-electron chi connectivity index (χ3n) is 2.86. The van der Waals surface area contributed by atoms with Crippen molar-refractivity contribution in [1.82, 2.24) is 19.9 Å². The first-order valence-corrected chi connectivity index (χ1v) is 7.59. The highest BCUT2D eigenvalue weighted by Gasteiger charge is 2.16. The van der Waals surface area contributed by atoms with Crippen molar-refractivity contribution >= 4 is 23.4 Å². The minimum Gasteiger partial charge on any atom is -0.480 e. The van der Waals surface area contributed by atoms with Crippen LogP contribution in [0, 0.1) is 0 Å². The number of fused-ring (bicyclic) bond motifs is 1. The van der Waals surface area contributed by atoms with Crippen molar-refractivity contribution in [2.24, 2.45) is 0 Å². The monoisotopic (exact) mass is 294 g/mol. The summed E-state index contributed by atoms with van der Waals surface area (Å²) in [4.78, 5) is 11.1. The van der Waals surface area contributed by atoms with Crippen LogP contribution in [0.3, 0.4) is 0 Å². The molecule has 0 bridgehead atoms. The molecule has 0 radical (unpaired) electrons. The lowest BCUT2D eigenvalue weighted by atomic mass is 10.2. The fourth-order valence-corrected chi connectivity index (χ4v) is 2.75. The van der Waals surface area contributed by atoms with Gasteiger partial charge in [-0.05, 0) is 31.5 Å². The first-order valence-electron chi connectivity index (χ1n) is 6.61. The van der Waals surface area contributed by atoms with Crippen LogP contribution in [0.4, 0.5) is 0 Å². The molecule has 0 aliphatic rings. The predicted molar refractivity (Wildman–Crippen MR) is 78.0 cm³/mol. The highest BCUT2D eigenvalue weighted by atomic mass is 32.2. The molecule has 20 heavy (non-hydrogen) atoms. The first-order chi connectivity index (χ1) is 9.72. The standard InChI is InChI=1S/C13H18N4O2S/c1-2-7-14-10(12(18)19)6-9-20-13-16-15-11-5-3-4-8-17(11)13/h3-5,8,10,14H,2,6-7,9H2,1H3,(H,18,19). The second kappa shape index (κ2) is 7.25. The van der Waals surface area contributed by atoms with Gasteiger partial charge in [-0.15, -0.1) is 10.2 Å². The quantitative estimate of drug-likeness (QED) is 0.721. The number of carboxylic acid groups (broad SMARTS) is 1. The van der Waals surface area contributed by atoms with Crippen molar-refractivity contribution in [3.05, 3.63) is 24.4 Å². The van der Waals surface area contributed by atoms with E-state index in [9.17, 15) is 4.79 Å². The number of rotatable bonds is 8. The van der Waals surface area contributed by atoms with Crippen LogP contribution in [0.15, 0.2) is 29.6 Å². The molecule has 0 aliphatic heterocycles. The summed E-state index contributed by atoms with van der Waals surface area (Å²) in [6.07, 6.45) is 3.38. The van der Waals surface area contributed by atoms with Gasteiger partial charge in [0.05, 0.1) is 0 Å². The summed E-state index contributed by atoms with van der Waals surface area (Å²) in [5, 5.41) is 21.1. The maximum Gasteiger partial charge on any atom is 0.320 e. The molecule has 0 aromatic carbocycles. The molecular formula is C13H18N4O2S. The molecule has 0 fully saturated rings. The Hall–Kier alpha value is -1.60. The lowest BCUT2D eigenvalue weighted by Gasteiger charge is -2.12. The average Bonchev–Trinajstić information content (AvgIpc) is 2.85. The summed E-state index contributed by atoms with van der Waals surface area (Å²) in [5.74, 6) is -0.117. The minimum atomic E-state index is -0.801. The van der Waals surface area contributed by atoms with Crippen LogP contribution in [0.25, 0.3) is 5.65 Å². The van der Waals surface area contributed by atoms with Gasteiger partial charge < -0.3 is 10.4 Å². The third kappa shape index (κ3) is 3.71. The number of nitrogens with one attached hydrogen (secondary N) is 1. The largest absolute Gasteiger partial charge is 0.480 e. The van der Waals surface area contributed by atoms with E-state index in [-0.39, 0.29) is 0 Å². The number of pyridine rings is 1. The fourth-order valence-electron chi connectivity index (χ4n) is 1.82. The molecule has 6 nitrogen and oxygen atoms in total. The van der Waals surface area contributed by atoms with Crippen LogP contribution in [0.5, 0.6) is 0 Å². The van der Waals surface area contributed by atoms with Crippen LogP contribution < -0.4 is 5.32 Å². The van der Waals surface area contributed by atoms with Gasteiger partial charge in [0.25, 0.3) is 0 Å². The van der Waals surface area contributed by atoms with E-state index in [0.29, 0.717) is 12.2 Å². The molecule has 2 aromatic rings. The Labute approximate surface area is 121 Å². The Morgan fingerprint density at radius 1 is 1.50 bits per heavy atom. The second-order valence-electron chi connectivity index (χ2n) is 4.39. The van der Waals surface area contributed by atoms with Gasteiger partial charge in [-0.3, -0.25) is 9.20 Å². The van der Waals surface area contributed by atoms with Crippen molar-refractivity contribution in [3.8, 4) is 0 Å². The molecule has 2 N–H and O–H groups in total. The smallest absolute Gasteiger partial charge is 0.320 e. The number of aromatic nitrogens is 3. The zero-order valence-electron chi connectivity index (χ0n) is 11.3. The molecule has 1 atom stereocenters. The minimum absolute atomic E-state index is 0.498. The van der Waals surface area contributed by atoms with Crippen LogP contribution in [-0.2, 0) is 4.79 Å². The molecule has 0 saturated heterocycles. The van der Waals surface area contributed by atoms with E-state index in [2.05, 4.69) is 15.5 Å². The molecule has 1 unspecified atom stereocenters. The molecular weight excluding hydrogens is 276 g/mol. The summed E-state index contributed by atoms with van der Waals surface area (Å²) in [7, 11) is 0. The SMILES string of the molecule is CCCNC(CCSc1nnc2ccccn12)C(=O)O. The highest BCUT2D eigenvalue weighted by Crippen LogP contribution is 2.18. The van der Waals surface area contributed by atoms with Crippen molar-refractivity contribution in [3.63, 3.8) is 0 Å². The maximum absolute atomic E-state index is 11.1. The van der Waals surface area contributed by atoms with Crippen molar-refractivity contribution in [2.75, 3.05) is 12.3 Å². The number of carboxylic acids is 1. The predicted octanol–water partition coefficient (Wildman–Crippen LogP) is 1.66. The lowest BCUT2D eigenvalue weighted by Crippen LogP contribution is -2.37. The van der Waals surface area contributed by atoms with E-state index in [1.54, 1.807) is 0 Å².